The second-order valence-electron chi connectivity index (χ2n) is 13.7. The number of methoxy groups -OCH3 is 4. The van der Waals surface area contributed by atoms with E-state index in [1.807, 2.05) is 58.5 Å². The Labute approximate surface area is 325 Å². The molecule has 0 radical (unpaired) electrons. The number of fused-ring (bicyclic) bond motifs is 2. The normalized spacial score (nSPS) is 17.2. The van der Waals surface area contributed by atoms with Gasteiger partial charge < -0.3 is 38.1 Å². The summed E-state index contributed by atoms with van der Waals surface area (Å²) in [6.45, 7) is 4.99. The Hall–Kier alpha value is -4.87. The Morgan fingerprint density at radius 3 is 2.20 bits per heavy atom. The van der Waals surface area contributed by atoms with E-state index in [0.29, 0.717) is 82.8 Å². The van der Waals surface area contributed by atoms with Gasteiger partial charge in [-0.3, -0.25) is 9.78 Å². The van der Waals surface area contributed by atoms with Gasteiger partial charge in [-0.1, -0.05) is 23.2 Å². The van der Waals surface area contributed by atoms with Crippen LogP contribution in [-0.2, 0) is 24.3 Å². The minimum atomic E-state index is -0.116. The van der Waals surface area contributed by atoms with E-state index in [9.17, 15) is 4.79 Å². The van der Waals surface area contributed by atoms with Gasteiger partial charge in [-0.05, 0) is 80.1 Å². The summed E-state index contributed by atoms with van der Waals surface area (Å²) in [5.41, 5.74) is 6.11. The lowest BCUT2D eigenvalue weighted by molar-refractivity contribution is -0.138. The minimum Gasteiger partial charge on any atom is -0.497 e. The fraction of sp³-hybridized carbons (Fsp3) is 0.390. The number of pyridine rings is 1. The Kier molecular flexibility index (Phi) is 11.3. The Bertz CT molecular complexity index is 2090. The summed E-state index contributed by atoms with van der Waals surface area (Å²) in [5.74, 6) is 2.84. The molecule has 2 aliphatic heterocycles. The highest BCUT2D eigenvalue weighted by Crippen LogP contribution is 2.40. The number of hydrogen-bond acceptors (Lipinski definition) is 10. The van der Waals surface area contributed by atoms with Crippen LogP contribution in [0.3, 0.4) is 0 Å². The molecular formula is C41H45Cl2N5O6. The number of nitrogens with zero attached hydrogens (tertiary/aromatic N) is 5. The number of amides is 1. The zero-order chi connectivity index (χ0) is 37.9. The number of hydrogen-bond donors (Lipinski definition) is 0. The van der Waals surface area contributed by atoms with Crippen LogP contribution in [0.2, 0.25) is 10.0 Å². The van der Waals surface area contributed by atoms with Gasteiger partial charge in [0, 0.05) is 58.9 Å². The van der Waals surface area contributed by atoms with Crippen molar-refractivity contribution in [3.05, 3.63) is 93.2 Å². The maximum absolute atomic E-state index is 14.1. The Morgan fingerprint density at radius 2 is 1.56 bits per heavy atom. The predicted octanol–water partition coefficient (Wildman–Crippen LogP) is 8.52. The molecule has 3 aromatic carbocycles. The van der Waals surface area contributed by atoms with Crippen LogP contribution in [0.5, 0.6) is 23.0 Å². The lowest BCUT2D eigenvalue weighted by atomic mass is 9.90. The molecule has 2 aliphatic rings. The first-order valence-corrected chi connectivity index (χ1v) is 18.9. The fourth-order valence-corrected chi connectivity index (χ4v) is 8.47. The highest BCUT2D eigenvalue weighted by Gasteiger charge is 2.35. The molecule has 13 heteroatoms. The van der Waals surface area contributed by atoms with E-state index < -0.39 is 0 Å². The number of carbonyl (C=O) groups is 1. The molecule has 54 heavy (non-hydrogen) atoms. The molecule has 1 unspecified atom stereocenters. The highest BCUT2D eigenvalue weighted by atomic mass is 35.5. The van der Waals surface area contributed by atoms with Crippen molar-refractivity contribution in [1.29, 1.82) is 0 Å². The first-order chi connectivity index (χ1) is 26.2. The third kappa shape index (κ3) is 7.57. The van der Waals surface area contributed by atoms with E-state index in [1.54, 1.807) is 40.7 Å². The summed E-state index contributed by atoms with van der Waals surface area (Å²) < 4.78 is 29.1. The van der Waals surface area contributed by atoms with Gasteiger partial charge in [-0.25, -0.2) is 0 Å². The molecule has 11 nitrogen and oxygen atoms in total. The lowest BCUT2D eigenvalue weighted by Gasteiger charge is -2.38. The van der Waals surface area contributed by atoms with Crippen molar-refractivity contribution in [2.45, 2.75) is 51.7 Å². The number of anilines is 2. The van der Waals surface area contributed by atoms with Gasteiger partial charge in [0.2, 0.25) is 5.91 Å². The van der Waals surface area contributed by atoms with E-state index in [4.69, 9.17) is 51.6 Å². The summed E-state index contributed by atoms with van der Waals surface area (Å²) in [5, 5.41) is 1.24. The third-order valence-corrected chi connectivity index (χ3v) is 11.2. The summed E-state index contributed by atoms with van der Waals surface area (Å²) in [7, 11) is 6.54. The number of carbonyl (C=O) groups excluding carboxylic acids is 1. The lowest BCUT2D eigenvalue weighted by Crippen LogP contribution is -2.42. The van der Waals surface area contributed by atoms with E-state index in [1.165, 1.54) is 0 Å². The van der Waals surface area contributed by atoms with E-state index in [2.05, 4.69) is 16.8 Å². The first-order valence-electron chi connectivity index (χ1n) is 18.2. The van der Waals surface area contributed by atoms with Gasteiger partial charge >= 0.3 is 0 Å². The second-order valence-corrected chi connectivity index (χ2v) is 14.6. The SMILES string of the molecule is COc1ccc(CN(Cc2ccc(OC)cc2OC)c2nc3cncc(N4CCCC(C(=O)N5CCc6cc(Cl)cc(Cl)c6[C@@H]5C)CC4)c3o2)c(OC)c1. The zero-order valence-electron chi connectivity index (χ0n) is 31.2. The summed E-state index contributed by atoms with van der Waals surface area (Å²) >= 11 is 12.9. The molecule has 2 atom stereocenters. The third-order valence-electron chi connectivity index (χ3n) is 10.6. The van der Waals surface area contributed by atoms with Gasteiger partial charge in [0.1, 0.15) is 34.2 Å². The van der Waals surface area contributed by atoms with Crippen molar-refractivity contribution in [2.75, 3.05) is 57.9 Å². The molecule has 0 aliphatic carbocycles. The number of halogens is 2. The van der Waals surface area contributed by atoms with Crippen LogP contribution < -0.4 is 28.7 Å². The number of aromatic nitrogens is 2. The van der Waals surface area contributed by atoms with Crippen LogP contribution in [-0.4, -0.2) is 68.8 Å². The van der Waals surface area contributed by atoms with Crippen molar-refractivity contribution in [3.63, 3.8) is 0 Å². The highest BCUT2D eigenvalue weighted by molar-refractivity contribution is 6.35. The molecule has 284 valence electrons. The van der Waals surface area contributed by atoms with Gasteiger partial charge in [0.05, 0.1) is 60.0 Å². The molecule has 1 amide bonds. The maximum Gasteiger partial charge on any atom is 0.299 e. The zero-order valence-corrected chi connectivity index (χ0v) is 32.7. The van der Waals surface area contributed by atoms with Crippen LogP contribution in [0.1, 0.15) is 54.5 Å². The van der Waals surface area contributed by atoms with Crippen molar-refractivity contribution in [1.82, 2.24) is 14.9 Å². The molecule has 0 saturated carbocycles. The number of benzene rings is 3. The molecule has 1 saturated heterocycles. The van der Waals surface area contributed by atoms with E-state index >= 15 is 0 Å². The molecule has 0 spiro atoms. The molecule has 0 N–H and O–H groups in total. The predicted molar refractivity (Wildman–Crippen MR) is 211 cm³/mol. The van der Waals surface area contributed by atoms with Gasteiger partial charge in [-0.15, -0.1) is 0 Å². The Morgan fingerprint density at radius 1 is 0.870 bits per heavy atom. The van der Waals surface area contributed by atoms with E-state index in [-0.39, 0.29) is 17.9 Å². The maximum atomic E-state index is 14.1. The number of rotatable bonds is 11. The molecule has 2 aromatic heterocycles. The fourth-order valence-electron chi connectivity index (χ4n) is 7.78. The summed E-state index contributed by atoms with van der Waals surface area (Å²) in [4.78, 5) is 29.9. The number of ether oxygens (including phenoxy) is 4. The topological polar surface area (TPSA) is 103 Å². The summed E-state index contributed by atoms with van der Waals surface area (Å²) in [6, 6.07) is 15.6. The number of oxazole rings is 1. The smallest absolute Gasteiger partial charge is 0.299 e. The molecular weight excluding hydrogens is 729 g/mol. The average molecular weight is 775 g/mol. The molecule has 1 fully saturated rings. The van der Waals surface area contributed by atoms with Crippen LogP contribution in [0.25, 0.3) is 11.1 Å². The van der Waals surface area contributed by atoms with Crippen LogP contribution in [0.15, 0.2) is 65.3 Å². The van der Waals surface area contributed by atoms with Gasteiger partial charge in [-0.2, -0.15) is 4.98 Å². The molecule has 5 aromatic rings. The average Bonchev–Trinajstić information content (AvgIpc) is 3.47. The van der Waals surface area contributed by atoms with Crippen LogP contribution in [0, 0.1) is 5.92 Å². The standard InChI is InChI=1S/C41H45Cl2N5O6/c1-25-38-27(17-30(42)18-33(38)43)13-16-48(25)40(49)26-7-6-14-46(15-12-26)35-22-44-21-34-39(35)54-41(45-34)47(23-28-8-10-31(50-2)19-36(28)52-4)24-29-9-11-32(51-3)20-37(29)53-5/h8-11,17-22,25-26H,6-7,12-16,23-24H2,1-5H3/t25-,26?/m0/s1. The molecule has 7 rings (SSSR count). The van der Waals surface area contributed by atoms with Crippen LogP contribution in [0.4, 0.5) is 11.7 Å². The van der Waals surface area contributed by atoms with Crippen molar-refractivity contribution >= 4 is 51.9 Å². The van der Waals surface area contributed by atoms with Gasteiger partial charge in [0.25, 0.3) is 6.01 Å². The quantitative estimate of drug-likeness (QED) is 0.130. The molecule has 0 bridgehead atoms. The van der Waals surface area contributed by atoms with Crippen molar-refractivity contribution < 1.29 is 28.2 Å². The molecule has 4 heterocycles. The van der Waals surface area contributed by atoms with Crippen LogP contribution >= 0.6 is 23.2 Å². The minimum absolute atomic E-state index is 0.100. The Balaban J connectivity index is 1.15. The van der Waals surface area contributed by atoms with Crippen molar-refractivity contribution in [3.8, 4) is 23.0 Å². The first kappa shape index (κ1) is 37.4. The van der Waals surface area contributed by atoms with E-state index in [0.717, 1.165) is 53.7 Å². The summed E-state index contributed by atoms with van der Waals surface area (Å²) in [6.07, 6.45) is 6.65. The largest absolute Gasteiger partial charge is 0.497 e. The van der Waals surface area contributed by atoms with Crippen molar-refractivity contribution in [2.24, 2.45) is 5.92 Å². The monoisotopic (exact) mass is 773 g/mol. The van der Waals surface area contributed by atoms with Gasteiger partial charge in [0.15, 0.2) is 5.58 Å². The second kappa shape index (κ2) is 16.2.